The Morgan fingerprint density at radius 3 is 2.00 bits per heavy atom. The molecule has 0 aliphatic heterocycles. The van der Waals surface area contributed by atoms with Crippen molar-refractivity contribution < 1.29 is 21.6 Å². The maximum Gasteiger partial charge on any atom is 0.156 e. The first-order valence-electron chi connectivity index (χ1n) is 23.6. The van der Waals surface area contributed by atoms with Crippen LogP contribution in [0, 0.1) is 6.07 Å². The molecule has 0 bridgehead atoms. The molecule has 1 N–H and O–H groups in total. The molecule has 7 nitrogen and oxygen atoms in total. The van der Waals surface area contributed by atoms with E-state index < -0.39 is 0 Å². The molecule has 1 radical (unpaired) electrons. The van der Waals surface area contributed by atoms with Crippen molar-refractivity contribution in [3.63, 3.8) is 0 Å². The number of aryl methyl sites for hydroxylation is 2. The smallest absolute Gasteiger partial charge is 0.156 e. The van der Waals surface area contributed by atoms with Crippen molar-refractivity contribution in [3.8, 4) is 5.75 Å². The molecule has 345 valence electrons. The molecular weight excluding hydrogens is 868 g/mol. The van der Waals surface area contributed by atoms with Gasteiger partial charge in [0.25, 0.3) is 0 Å². The zero-order valence-electron chi connectivity index (χ0n) is 39.3. The average Bonchev–Trinajstić information content (AvgIpc) is 4.02. The monoisotopic (exact) mass is 930 g/mol. The third-order valence-corrected chi connectivity index (χ3v) is 12.8. The van der Waals surface area contributed by atoms with Gasteiger partial charge in [-0.1, -0.05) is 103 Å². The van der Waals surface area contributed by atoms with E-state index >= 15 is 0 Å². The maximum absolute atomic E-state index is 6.58. The Balaban J connectivity index is 0.00000608. The van der Waals surface area contributed by atoms with E-state index in [-0.39, 0.29) is 16.8 Å². The van der Waals surface area contributed by atoms with Crippen molar-refractivity contribution in [1.29, 1.82) is 0 Å². The van der Waals surface area contributed by atoms with Gasteiger partial charge in [0.15, 0.2) is 5.75 Å². The van der Waals surface area contributed by atoms with Crippen LogP contribution in [0.25, 0.3) is 32.7 Å². The number of H-pyrrole nitrogens is 1. The molecule has 9 aromatic rings. The molecule has 0 saturated carbocycles. The first-order valence-corrected chi connectivity index (χ1v) is 23.6. The molecule has 0 saturated heterocycles. The molecule has 0 unspecified atom stereocenters. The number of rotatable bonds is 22. The number of nitrogens with zero attached hydrogens (tertiary/aromatic N) is 5. The second kappa shape index (κ2) is 22.6. The van der Waals surface area contributed by atoms with Gasteiger partial charge in [-0.2, -0.15) is 35.1 Å². The van der Waals surface area contributed by atoms with Crippen LogP contribution in [0.4, 0.5) is 0 Å². The summed E-state index contributed by atoms with van der Waals surface area (Å²) in [7, 11) is 4.42. The van der Waals surface area contributed by atoms with Gasteiger partial charge in [0, 0.05) is 108 Å². The van der Waals surface area contributed by atoms with Crippen LogP contribution in [0.3, 0.4) is 0 Å². The Kier molecular flexibility index (Phi) is 16.0. The molecule has 3 aromatic heterocycles. The summed E-state index contributed by atoms with van der Waals surface area (Å²) in [6.07, 6.45) is 10.6. The fourth-order valence-corrected chi connectivity index (χ4v) is 9.55. The molecule has 0 fully saturated rings. The zero-order valence-corrected chi connectivity index (χ0v) is 40.3. The number of hydrogen-bond donors (Lipinski definition) is 1. The van der Waals surface area contributed by atoms with Crippen LogP contribution in [0.5, 0.6) is 5.75 Å². The Morgan fingerprint density at radius 1 is 0.612 bits per heavy atom. The van der Waals surface area contributed by atoms with Crippen LogP contribution in [-0.4, -0.2) is 69.3 Å². The largest absolute Gasteiger partial charge is 0.375 e. The van der Waals surface area contributed by atoms with Gasteiger partial charge in [0.2, 0.25) is 0 Å². The van der Waals surface area contributed by atoms with Gasteiger partial charge >= 0.3 is 0 Å². The number of para-hydroxylation sites is 3. The molecule has 0 aliphatic carbocycles. The van der Waals surface area contributed by atoms with Crippen molar-refractivity contribution in [1.82, 2.24) is 29.0 Å². The third kappa shape index (κ3) is 12.3. The topological polar surface area (TPSA) is 44.6 Å². The summed E-state index contributed by atoms with van der Waals surface area (Å²) in [5.74, 6) is 0.839. The van der Waals surface area contributed by atoms with Crippen LogP contribution >= 0.6 is 0 Å². The van der Waals surface area contributed by atoms with E-state index in [9.17, 15) is 0 Å². The number of aromatic amines is 1. The van der Waals surface area contributed by atoms with E-state index in [2.05, 4.69) is 216 Å². The van der Waals surface area contributed by atoms with Gasteiger partial charge in [0.1, 0.15) is 0 Å². The molecular formula is C59H63CoN6O-. The predicted octanol–water partition coefficient (Wildman–Crippen LogP) is 11.9. The molecule has 3 heterocycles. The third-order valence-electron chi connectivity index (χ3n) is 12.8. The minimum absolute atomic E-state index is 0. The van der Waals surface area contributed by atoms with Gasteiger partial charge in [-0.05, 0) is 117 Å². The molecule has 0 aliphatic rings. The van der Waals surface area contributed by atoms with Crippen molar-refractivity contribution in [3.05, 3.63) is 221 Å². The summed E-state index contributed by atoms with van der Waals surface area (Å²) in [6.45, 7) is 13.7. The Hall–Kier alpha value is -6.13. The normalized spacial score (nSPS) is 11.7. The van der Waals surface area contributed by atoms with Gasteiger partial charge < -0.3 is 29.1 Å². The van der Waals surface area contributed by atoms with Crippen LogP contribution in [0.1, 0.15) is 45.9 Å². The standard InChI is InChI=1S/C59H63N6O.Co/c1-45(2)39-63(42-47-16-6-5-7-17-47)34-31-51-43-64(58-26-12-9-23-55(51)58)35-28-46-18-14-19-48(36-46)40-62(4)33-30-52-44-65(59-27-13-10-24-56(52)59)66-53-21-15-20-49(37-53)41-61(3)32-29-50-38-60-57-25-11-8-22-54(50)57;/h5-6,8-27,36-38,43-44,60H,1,28-35,39-42H2,2-4H3;/q-1;. The first-order chi connectivity index (χ1) is 32.3. The van der Waals surface area contributed by atoms with Crippen LogP contribution in [-0.2, 0) is 68.6 Å². The predicted molar refractivity (Wildman–Crippen MR) is 274 cm³/mol. The second-order valence-corrected chi connectivity index (χ2v) is 18.3. The molecule has 8 heteroatoms. The molecule has 0 atom stereocenters. The fraction of sp³-hybridized carbons (Fsp3) is 0.254. The minimum atomic E-state index is 0. The zero-order chi connectivity index (χ0) is 45.2. The number of benzene rings is 6. The first kappa shape index (κ1) is 47.4. The van der Waals surface area contributed by atoms with Crippen LogP contribution in [0.2, 0.25) is 0 Å². The molecule has 0 amide bonds. The maximum atomic E-state index is 6.58. The van der Waals surface area contributed by atoms with Gasteiger partial charge in [-0.15, -0.1) is 5.56 Å². The van der Waals surface area contributed by atoms with Crippen molar-refractivity contribution in [2.45, 2.75) is 58.8 Å². The van der Waals surface area contributed by atoms with Crippen LogP contribution in [0.15, 0.2) is 176 Å². The molecule has 9 rings (SSSR count). The average molecular weight is 931 g/mol. The van der Waals surface area contributed by atoms with E-state index in [0.29, 0.717) is 0 Å². The van der Waals surface area contributed by atoms with Crippen molar-refractivity contribution in [2.24, 2.45) is 0 Å². The SMILES string of the molecule is C=C(C)CN(CCc1cn(CCc2cccc(CN(C)CCc3cn(Oc4cccc(CN(C)CCc5c[nH]c6ccccc56)c4)c4ccccc34)c2)c2ccccc12)Cc1c[c-]ccc1.[Co]. The summed E-state index contributed by atoms with van der Waals surface area (Å²) < 4.78 is 4.41. The summed E-state index contributed by atoms with van der Waals surface area (Å²) in [6, 6.07) is 55.2. The number of hydrogen-bond acceptors (Lipinski definition) is 4. The van der Waals surface area contributed by atoms with Gasteiger partial charge in [0.05, 0.1) is 5.52 Å². The van der Waals surface area contributed by atoms with Crippen LogP contribution < -0.4 is 4.84 Å². The van der Waals surface area contributed by atoms with Gasteiger partial charge in [-0.25, -0.2) is 0 Å². The Bertz CT molecular complexity index is 3020. The second-order valence-electron chi connectivity index (χ2n) is 18.3. The summed E-state index contributed by atoms with van der Waals surface area (Å²) in [5, 5.41) is 3.90. The quantitative estimate of drug-likeness (QED) is 0.0543. The van der Waals surface area contributed by atoms with Gasteiger partial charge in [-0.3, -0.25) is 0 Å². The summed E-state index contributed by atoms with van der Waals surface area (Å²) >= 11 is 0. The van der Waals surface area contributed by atoms with E-state index in [0.717, 1.165) is 89.3 Å². The number of nitrogens with one attached hydrogen (secondary N) is 1. The minimum Gasteiger partial charge on any atom is -0.375 e. The van der Waals surface area contributed by atoms with E-state index in [1.165, 1.54) is 71.7 Å². The van der Waals surface area contributed by atoms with Crippen molar-refractivity contribution >= 4 is 32.7 Å². The number of likely N-dealkylation sites (N-methyl/N-ethyl adjacent to an activating group) is 2. The Morgan fingerprint density at radius 2 is 1.24 bits per heavy atom. The molecule has 67 heavy (non-hydrogen) atoms. The Labute approximate surface area is 407 Å². The summed E-state index contributed by atoms with van der Waals surface area (Å²) in [5.41, 5.74) is 14.1. The number of aromatic nitrogens is 3. The van der Waals surface area contributed by atoms with E-state index in [1.807, 2.05) is 10.8 Å². The van der Waals surface area contributed by atoms with E-state index in [1.54, 1.807) is 0 Å². The molecule has 6 aromatic carbocycles. The number of fused-ring (bicyclic) bond motifs is 3. The van der Waals surface area contributed by atoms with Crippen molar-refractivity contribution in [2.75, 3.05) is 40.3 Å². The summed E-state index contributed by atoms with van der Waals surface area (Å²) in [4.78, 5) is 17.3. The van der Waals surface area contributed by atoms with E-state index in [4.69, 9.17) is 4.84 Å². The molecule has 0 spiro atoms. The fourth-order valence-electron chi connectivity index (χ4n) is 9.55.